The average molecular weight is 341 g/mol. The molecule has 1 aromatic carbocycles. The van der Waals surface area contributed by atoms with Gasteiger partial charge in [-0.05, 0) is 15.9 Å². The van der Waals surface area contributed by atoms with Crippen LogP contribution in [-0.2, 0) is 0 Å². The minimum atomic E-state index is 0.225. The van der Waals surface area contributed by atoms with Gasteiger partial charge in [-0.25, -0.2) is 9.97 Å². The Morgan fingerprint density at radius 1 is 0.900 bits per heavy atom. The lowest BCUT2D eigenvalue weighted by Crippen LogP contribution is -1.97. The monoisotopic (exact) mass is 340 g/mol. The Morgan fingerprint density at radius 3 is 1.90 bits per heavy atom. The summed E-state index contributed by atoms with van der Waals surface area (Å²) in [4.78, 5) is 8.07. The summed E-state index contributed by atoms with van der Waals surface area (Å²) in [5.74, 6) is 1.99. The highest BCUT2D eigenvalue weighted by molar-refractivity contribution is 9.10. The maximum atomic E-state index is 5.56. The number of rotatable bonds is 5. The van der Waals surface area contributed by atoms with Crippen molar-refractivity contribution in [1.29, 1.82) is 0 Å². The summed E-state index contributed by atoms with van der Waals surface area (Å²) in [6, 6.07) is 3.57. The Bertz CT molecular complexity index is 564. The van der Waals surface area contributed by atoms with Gasteiger partial charge >= 0.3 is 6.01 Å². The number of hydrogen-bond donors (Lipinski definition) is 0. The maximum Gasteiger partial charge on any atom is 0.321 e. The molecule has 1 aromatic heterocycles. The van der Waals surface area contributed by atoms with Gasteiger partial charge in [-0.15, -0.1) is 0 Å². The number of hydrogen-bond acceptors (Lipinski definition) is 6. The summed E-state index contributed by atoms with van der Waals surface area (Å²) in [5.41, 5.74) is 0. The zero-order valence-corrected chi connectivity index (χ0v) is 12.8. The minimum absolute atomic E-state index is 0.225. The van der Waals surface area contributed by atoms with Crippen molar-refractivity contribution in [1.82, 2.24) is 9.97 Å². The van der Waals surface area contributed by atoms with E-state index in [0.717, 1.165) is 4.47 Å². The number of nitrogens with zero attached hydrogens (tertiary/aromatic N) is 2. The molecule has 0 saturated carbocycles. The second-order valence-electron chi connectivity index (χ2n) is 3.65. The number of benzene rings is 1. The van der Waals surface area contributed by atoms with Crippen molar-refractivity contribution < 1.29 is 18.9 Å². The fraction of sp³-hybridized carbons (Fsp3) is 0.231. The van der Waals surface area contributed by atoms with Gasteiger partial charge in [-0.1, -0.05) is 0 Å². The van der Waals surface area contributed by atoms with Gasteiger partial charge in [0.1, 0.15) is 5.75 Å². The second kappa shape index (κ2) is 6.42. The van der Waals surface area contributed by atoms with E-state index in [0.29, 0.717) is 23.0 Å². The van der Waals surface area contributed by atoms with E-state index in [1.165, 1.54) is 14.2 Å². The standard InChI is InChI=1S/C13H13BrN2O4/c1-17-10-4-9(5-11(18-2)12(10)19-3)20-13-15-6-8(14)7-16-13/h4-7H,1-3H3. The third-order valence-corrected chi connectivity index (χ3v) is 2.85. The van der Waals surface area contributed by atoms with Crippen LogP contribution >= 0.6 is 15.9 Å². The lowest BCUT2D eigenvalue weighted by molar-refractivity contribution is 0.320. The third-order valence-electron chi connectivity index (χ3n) is 2.44. The summed E-state index contributed by atoms with van der Waals surface area (Å²) in [6.07, 6.45) is 3.20. The summed E-state index contributed by atoms with van der Waals surface area (Å²) in [5, 5.41) is 0. The normalized spacial score (nSPS) is 10.0. The lowest BCUT2D eigenvalue weighted by Gasteiger charge is -2.13. The molecule has 0 aliphatic carbocycles. The van der Waals surface area contributed by atoms with Crippen LogP contribution in [0.15, 0.2) is 29.0 Å². The van der Waals surface area contributed by atoms with E-state index in [2.05, 4.69) is 25.9 Å². The molecule has 2 rings (SSSR count). The van der Waals surface area contributed by atoms with E-state index in [4.69, 9.17) is 18.9 Å². The van der Waals surface area contributed by atoms with E-state index in [-0.39, 0.29) is 6.01 Å². The minimum Gasteiger partial charge on any atom is -0.493 e. The Balaban J connectivity index is 2.34. The first kappa shape index (κ1) is 14.4. The highest BCUT2D eigenvalue weighted by Crippen LogP contribution is 2.41. The molecular weight excluding hydrogens is 328 g/mol. The maximum absolute atomic E-state index is 5.56. The van der Waals surface area contributed by atoms with Crippen molar-refractivity contribution >= 4 is 15.9 Å². The molecule has 106 valence electrons. The molecule has 0 spiro atoms. The Labute approximate surface area is 124 Å². The number of methoxy groups -OCH3 is 3. The SMILES string of the molecule is COc1cc(Oc2ncc(Br)cn2)cc(OC)c1OC. The highest BCUT2D eigenvalue weighted by Gasteiger charge is 2.14. The quantitative estimate of drug-likeness (QED) is 0.833. The molecule has 1 heterocycles. The fourth-order valence-electron chi connectivity index (χ4n) is 1.57. The van der Waals surface area contributed by atoms with E-state index in [9.17, 15) is 0 Å². The van der Waals surface area contributed by atoms with Crippen molar-refractivity contribution in [2.45, 2.75) is 0 Å². The van der Waals surface area contributed by atoms with Gasteiger partial charge in [-0.3, -0.25) is 0 Å². The summed E-state index contributed by atoms with van der Waals surface area (Å²) in [6.45, 7) is 0. The molecule has 0 aliphatic rings. The van der Waals surface area contributed by atoms with E-state index in [1.807, 2.05) is 0 Å². The van der Waals surface area contributed by atoms with Crippen LogP contribution in [0.5, 0.6) is 29.0 Å². The fourth-order valence-corrected chi connectivity index (χ4v) is 1.78. The Hall–Kier alpha value is -2.02. The average Bonchev–Trinajstić information content (AvgIpc) is 2.48. The van der Waals surface area contributed by atoms with E-state index < -0.39 is 0 Å². The summed E-state index contributed by atoms with van der Waals surface area (Å²) < 4.78 is 22.1. The Kier molecular flexibility index (Phi) is 4.62. The topological polar surface area (TPSA) is 62.7 Å². The second-order valence-corrected chi connectivity index (χ2v) is 4.56. The predicted octanol–water partition coefficient (Wildman–Crippen LogP) is 3.06. The molecule has 0 aliphatic heterocycles. The van der Waals surface area contributed by atoms with Crippen LogP contribution in [0.25, 0.3) is 0 Å². The van der Waals surface area contributed by atoms with Crippen LogP contribution in [0, 0.1) is 0 Å². The first-order chi connectivity index (χ1) is 9.67. The van der Waals surface area contributed by atoms with Crippen LogP contribution in [0.1, 0.15) is 0 Å². The van der Waals surface area contributed by atoms with Crippen molar-refractivity contribution in [3.8, 4) is 29.0 Å². The van der Waals surface area contributed by atoms with Crippen molar-refractivity contribution in [2.75, 3.05) is 21.3 Å². The molecule has 0 fully saturated rings. The van der Waals surface area contributed by atoms with Gasteiger partial charge < -0.3 is 18.9 Å². The molecule has 20 heavy (non-hydrogen) atoms. The predicted molar refractivity (Wildman–Crippen MR) is 75.9 cm³/mol. The molecule has 0 radical (unpaired) electrons. The Morgan fingerprint density at radius 2 is 1.45 bits per heavy atom. The van der Waals surface area contributed by atoms with Crippen molar-refractivity contribution in [3.63, 3.8) is 0 Å². The van der Waals surface area contributed by atoms with Crippen LogP contribution < -0.4 is 18.9 Å². The number of ether oxygens (including phenoxy) is 4. The molecule has 0 N–H and O–H groups in total. The number of halogens is 1. The molecule has 7 heteroatoms. The van der Waals surface area contributed by atoms with E-state index in [1.54, 1.807) is 31.6 Å². The van der Waals surface area contributed by atoms with Gasteiger partial charge in [0.2, 0.25) is 5.75 Å². The van der Waals surface area contributed by atoms with Gasteiger partial charge in [0.15, 0.2) is 11.5 Å². The van der Waals surface area contributed by atoms with Crippen LogP contribution in [-0.4, -0.2) is 31.3 Å². The van der Waals surface area contributed by atoms with Gasteiger partial charge in [-0.2, -0.15) is 0 Å². The van der Waals surface area contributed by atoms with Gasteiger partial charge in [0, 0.05) is 24.5 Å². The zero-order valence-electron chi connectivity index (χ0n) is 11.2. The first-order valence-electron chi connectivity index (χ1n) is 5.63. The van der Waals surface area contributed by atoms with E-state index >= 15 is 0 Å². The van der Waals surface area contributed by atoms with Crippen molar-refractivity contribution in [3.05, 3.63) is 29.0 Å². The molecule has 0 amide bonds. The lowest BCUT2D eigenvalue weighted by atomic mass is 10.2. The molecule has 0 saturated heterocycles. The summed E-state index contributed by atoms with van der Waals surface area (Å²) >= 11 is 3.26. The highest BCUT2D eigenvalue weighted by atomic mass is 79.9. The number of aromatic nitrogens is 2. The van der Waals surface area contributed by atoms with Crippen molar-refractivity contribution in [2.24, 2.45) is 0 Å². The molecule has 6 nitrogen and oxygen atoms in total. The van der Waals surface area contributed by atoms with Crippen LogP contribution in [0.3, 0.4) is 0 Å². The molecule has 0 unspecified atom stereocenters. The molecule has 0 atom stereocenters. The summed E-state index contributed by atoms with van der Waals surface area (Å²) in [7, 11) is 4.62. The van der Waals surface area contributed by atoms with Gasteiger partial charge in [0.25, 0.3) is 0 Å². The molecule has 2 aromatic rings. The van der Waals surface area contributed by atoms with Crippen LogP contribution in [0.4, 0.5) is 0 Å². The third kappa shape index (κ3) is 3.11. The van der Waals surface area contributed by atoms with Crippen LogP contribution in [0.2, 0.25) is 0 Å². The first-order valence-corrected chi connectivity index (χ1v) is 6.42. The largest absolute Gasteiger partial charge is 0.493 e. The van der Waals surface area contributed by atoms with Gasteiger partial charge in [0.05, 0.1) is 25.8 Å². The smallest absolute Gasteiger partial charge is 0.321 e. The molecule has 0 bridgehead atoms. The zero-order chi connectivity index (χ0) is 14.5. The molecular formula is C13H13BrN2O4.